The van der Waals surface area contributed by atoms with E-state index in [4.69, 9.17) is 0 Å². The van der Waals surface area contributed by atoms with Crippen molar-refractivity contribution < 1.29 is 4.79 Å². The Balaban J connectivity index is 1.75. The Kier molecular flexibility index (Phi) is 4.65. The molecule has 0 saturated carbocycles. The number of nitrogens with zero attached hydrogens (tertiary/aromatic N) is 3. The smallest absolute Gasteiger partial charge is 0.253 e. The summed E-state index contributed by atoms with van der Waals surface area (Å²) in [5.74, 6) is 0.768. The van der Waals surface area contributed by atoms with Gasteiger partial charge in [0.2, 0.25) is 0 Å². The molecule has 2 heterocycles. The van der Waals surface area contributed by atoms with Crippen LogP contribution < -0.4 is 10.2 Å². The third kappa shape index (κ3) is 3.76. The maximum absolute atomic E-state index is 12.5. The van der Waals surface area contributed by atoms with Gasteiger partial charge >= 0.3 is 0 Å². The van der Waals surface area contributed by atoms with Crippen molar-refractivity contribution in [3.63, 3.8) is 0 Å². The van der Waals surface area contributed by atoms with E-state index in [1.807, 2.05) is 69.2 Å². The summed E-state index contributed by atoms with van der Waals surface area (Å²) >= 11 is 0. The molecule has 1 amide bonds. The van der Waals surface area contributed by atoms with Gasteiger partial charge in [0.15, 0.2) is 0 Å². The number of hydrogen-bond donors (Lipinski definition) is 1. The van der Waals surface area contributed by atoms with E-state index in [9.17, 15) is 4.79 Å². The molecule has 0 saturated heterocycles. The van der Waals surface area contributed by atoms with Crippen molar-refractivity contribution in [2.75, 3.05) is 19.0 Å². The van der Waals surface area contributed by atoms with E-state index in [-0.39, 0.29) is 5.91 Å². The normalized spacial score (nSPS) is 10.7. The first kappa shape index (κ1) is 16.9. The number of pyridine rings is 2. The van der Waals surface area contributed by atoms with E-state index in [2.05, 4.69) is 15.3 Å². The highest BCUT2D eigenvalue weighted by Gasteiger charge is 2.12. The number of aryl methyl sites for hydroxylation is 2. The summed E-state index contributed by atoms with van der Waals surface area (Å²) in [6.07, 6.45) is 1.78. The number of fused-ring (bicyclic) bond motifs is 1. The SMILES string of the molecule is Cc1ccc2cc(C(=O)NCc3ccc(N(C)C)nc3)c(C)nc2c1. The first-order valence-electron chi connectivity index (χ1n) is 8.22. The molecule has 0 bridgehead atoms. The van der Waals surface area contributed by atoms with Crippen molar-refractivity contribution in [3.05, 3.63) is 65.0 Å². The van der Waals surface area contributed by atoms with Crippen LogP contribution in [0.4, 0.5) is 5.82 Å². The van der Waals surface area contributed by atoms with Crippen LogP contribution in [0.1, 0.15) is 27.2 Å². The second-order valence-corrected chi connectivity index (χ2v) is 6.42. The number of anilines is 1. The quantitative estimate of drug-likeness (QED) is 0.796. The van der Waals surface area contributed by atoms with Gasteiger partial charge in [-0.25, -0.2) is 4.98 Å². The fourth-order valence-electron chi connectivity index (χ4n) is 2.67. The fourth-order valence-corrected chi connectivity index (χ4v) is 2.67. The van der Waals surface area contributed by atoms with Crippen LogP contribution in [0.3, 0.4) is 0 Å². The number of nitrogens with one attached hydrogen (secondary N) is 1. The summed E-state index contributed by atoms with van der Waals surface area (Å²) in [7, 11) is 3.89. The lowest BCUT2D eigenvalue weighted by Gasteiger charge is -2.12. The van der Waals surface area contributed by atoms with Crippen molar-refractivity contribution in [2.24, 2.45) is 0 Å². The van der Waals surface area contributed by atoms with Gasteiger partial charge in [0.1, 0.15) is 5.82 Å². The lowest BCUT2D eigenvalue weighted by atomic mass is 10.1. The largest absolute Gasteiger partial charge is 0.363 e. The van der Waals surface area contributed by atoms with E-state index in [0.29, 0.717) is 12.1 Å². The van der Waals surface area contributed by atoms with Gasteiger partial charge in [-0.15, -0.1) is 0 Å². The van der Waals surface area contributed by atoms with Gasteiger partial charge in [-0.3, -0.25) is 9.78 Å². The third-order valence-corrected chi connectivity index (χ3v) is 4.13. The number of amides is 1. The van der Waals surface area contributed by atoms with Crippen LogP contribution in [-0.2, 0) is 6.54 Å². The highest BCUT2D eigenvalue weighted by atomic mass is 16.1. The first-order chi connectivity index (χ1) is 11.9. The highest BCUT2D eigenvalue weighted by Crippen LogP contribution is 2.18. The molecular weight excluding hydrogens is 312 g/mol. The Morgan fingerprint density at radius 1 is 1.12 bits per heavy atom. The summed E-state index contributed by atoms with van der Waals surface area (Å²) < 4.78 is 0. The van der Waals surface area contributed by atoms with E-state index in [0.717, 1.165) is 33.5 Å². The van der Waals surface area contributed by atoms with Crippen LogP contribution in [0.15, 0.2) is 42.6 Å². The molecule has 0 aliphatic heterocycles. The lowest BCUT2D eigenvalue weighted by Crippen LogP contribution is -2.24. The molecule has 5 heteroatoms. The van der Waals surface area contributed by atoms with Gasteiger partial charge in [0.25, 0.3) is 5.91 Å². The minimum Gasteiger partial charge on any atom is -0.363 e. The van der Waals surface area contributed by atoms with Gasteiger partial charge in [-0.1, -0.05) is 18.2 Å². The molecule has 5 nitrogen and oxygen atoms in total. The number of aromatic nitrogens is 2. The van der Waals surface area contributed by atoms with Gasteiger partial charge in [-0.05, 0) is 43.2 Å². The standard InChI is InChI=1S/C20H22N4O/c1-13-5-7-16-10-17(14(2)23-18(16)9-13)20(25)22-12-15-6-8-19(21-11-15)24(3)4/h5-11H,12H2,1-4H3,(H,22,25). The number of rotatable bonds is 4. The van der Waals surface area contributed by atoms with Crippen LogP contribution in [0.5, 0.6) is 0 Å². The molecule has 3 rings (SSSR count). The molecule has 0 fully saturated rings. The van der Waals surface area contributed by atoms with E-state index in [1.54, 1.807) is 6.20 Å². The van der Waals surface area contributed by atoms with Gasteiger partial charge < -0.3 is 10.2 Å². The molecule has 1 N–H and O–H groups in total. The number of carbonyl (C=O) groups excluding carboxylic acids is 1. The predicted molar refractivity (Wildman–Crippen MR) is 101 cm³/mol. The van der Waals surface area contributed by atoms with Gasteiger partial charge in [-0.2, -0.15) is 0 Å². The molecule has 25 heavy (non-hydrogen) atoms. The molecule has 0 radical (unpaired) electrons. The van der Waals surface area contributed by atoms with Crippen molar-refractivity contribution in [3.8, 4) is 0 Å². The molecule has 0 atom stereocenters. The maximum atomic E-state index is 12.5. The Labute approximate surface area is 147 Å². The first-order valence-corrected chi connectivity index (χ1v) is 8.22. The van der Waals surface area contributed by atoms with E-state index in [1.165, 1.54) is 0 Å². The molecule has 0 spiro atoms. The summed E-state index contributed by atoms with van der Waals surface area (Å²) in [6, 6.07) is 11.9. The second kappa shape index (κ2) is 6.89. The Bertz CT molecular complexity index is 917. The summed E-state index contributed by atoms with van der Waals surface area (Å²) in [6.45, 7) is 4.34. The van der Waals surface area contributed by atoms with Crippen LogP contribution in [0.25, 0.3) is 10.9 Å². The molecule has 0 aliphatic carbocycles. The molecule has 2 aromatic heterocycles. The number of carbonyl (C=O) groups is 1. The topological polar surface area (TPSA) is 58.1 Å². The van der Waals surface area contributed by atoms with Crippen LogP contribution in [0.2, 0.25) is 0 Å². The Morgan fingerprint density at radius 3 is 2.60 bits per heavy atom. The highest BCUT2D eigenvalue weighted by molar-refractivity contribution is 5.98. The molecule has 0 unspecified atom stereocenters. The average molecular weight is 334 g/mol. The van der Waals surface area contributed by atoms with Crippen molar-refractivity contribution in [1.82, 2.24) is 15.3 Å². The molecule has 0 aliphatic rings. The van der Waals surface area contributed by atoms with Crippen LogP contribution in [-0.4, -0.2) is 30.0 Å². The fraction of sp³-hybridized carbons (Fsp3) is 0.250. The summed E-state index contributed by atoms with van der Waals surface area (Å²) in [5.41, 5.74) is 4.37. The van der Waals surface area contributed by atoms with Crippen molar-refractivity contribution in [1.29, 1.82) is 0 Å². The van der Waals surface area contributed by atoms with Crippen LogP contribution >= 0.6 is 0 Å². The minimum absolute atomic E-state index is 0.121. The van der Waals surface area contributed by atoms with E-state index >= 15 is 0 Å². The number of benzene rings is 1. The number of hydrogen-bond acceptors (Lipinski definition) is 4. The molecular formula is C20H22N4O. The van der Waals surface area contributed by atoms with Gasteiger partial charge in [0, 0.05) is 32.2 Å². The van der Waals surface area contributed by atoms with Gasteiger partial charge in [0.05, 0.1) is 16.8 Å². The third-order valence-electron chi connectivity index (χ3n) is 4.13. The van der Waals surface area contributed by atoms with Crippen molar-refractivity contribution in [2.45, 2.75) is 20.4 Å². The Morgan fingerprint density at radius 2 is 1.92 bits per heavy atom. The summed E-state index contributed by atoms with van der Waals surface area (Å²) in [4.78, 5) is 23.4. The molecule has 1 aromatic carbocycles. The minimum atomic E-state index is -0.121. The molecule has 3 aromatic rings. The second-order valence-electron chi connectivity index (χ2n) is 6.42. The zero-order valence-corrected chi connectivity index (χ0v) is 15.0. The predicted octanol–water partition coefficient (Wildman–Crippen LogP) is 3.24. The van der Waals surface area contributed by atoms with Crippen molar-refractivity contribution >= 4 is 22.6 Å². The zero-order valence-electron chi connectivity index (χ0n) is 15.0. The maximum Gasteiger partial charge on any atom is 0.253 e. The lowest BCUT2D eigenvalue weighted by molar-refractivity contribution is 0.0950. The summed E-state index contributed by atoms with van der Waals surface area (Å²) in [5, 5.41) is 3.92. The zero-order chi connectivity index (χ0) is 18.0. The van der Waals surface area contributed by atoms with E-state index < -0.39 is 0 Å². The average Bonchev–Trinajstić information content (AvgIpc) is 2.59. The Hall–Kier alpha value is -2.95. The van der Waals surface area contributed by atoms with Crippen LogP contribution in [0, 0.1) is 13.8 Å². The molecule has 128 valence electrons. The monoisotopic (exact) mass is 334 g/mol.